The van der Waals surface area contributed by atoms with Gasteiger partial charge in [0.15, 0.2) is 5.96 Å². The number of guanidine groups is 1. The number of fused-ring (bicyclic) bond motifs is 1. The van der Waals surface area contributed by atoms with E-state index < -0.39 is 187 Å². The number of hydrogen-bond donors (Lipinski definition) is 21. The molecule has 0 spiro atoms. The van der Waals surface area contributed by atoms with Gasteiger partial charge < -0.3 is 106 Å². The predicted octanol–water partition coefficient (Wildman–Crippen LogP) is -3.53. The largest absolute Gasteiger partial charge is 0.508 e. The maximum atomic E-state index is 15.1. The number of phenolic OH excluding ortho intramolecular Hbond substituents is 1. The van der Waals surface area contributed by atoms with Crippen LogP contribution in [0.2, 0.25) is 0 Å². The maximum Gasteiger partial charge on any atom is 0.322 e. The van der Waals surface area contributed by atoms with E-state index in [1.807, 2.05) is 5.32 Å². The van der Waals surface area contributed by atoms with Gasteiger partial charge in [0.05, 0.1) is 23.6 Å². The SMILES string of the molecule is CC(=O)N[C@@H](CSSc1ccc([N+](=O)[O-])cn1)C(=O)N[C@@H](CO)C(=O)N[C@@H](Cc1c[nH]cn1)C(=O)N[C@@H](Cc1c[nH]c2ccccc12)C(=O)N[C@@H](CCCCN)C(=O)N[C@@H](CCCNC(=N)N)C(=O)N[C@@H](Cc1ccc(O)cc1)C(=O)N[C@@H](CCC(N)=O)C(=O)N[C@@H](CCC(=O)O)C(=O)NCC(=O)O. The number of pyridine rings is 1. The Morgan fingerprint density at radius 1 is 0.596 bits per heavy atom. The van der Waals surface area contributed by atoms with Crippen molar-refractivity contribution in [3.8, 4) is 5.75 Å². The molecule has 0 unspecified atom stereocenters. The van der Waals surface area contributed by atoms with Crippen molar-refractivity contribution in [2.24, 2.45) is 17.2 Å². The van der Waals surface area contributed by atoms with Gasteiger partial charge >= 0.3 is 11.9 Å². The number of unbranched alkanes of at least 4 members (excludes halogenated alkanes) is 1. The third-order valence-corrected chi connectivity index (χ3v) is 17.6. The van der Waals surface area contributed by atoms with E-state index in [0.717, 1.165) is 34.7 Å². The third-order valence-electron chi connectivity index (χ3n) is 15.4. The van der Waals surface area contributed by atoms with E-state index in [1.165, 1.54) is 48.9 Å². The lowest BCUT2D eigenvalue weighted by Gasteiger charge is -2.28. The molecule has 24 N–H and O–H groups in total. The van der Waals surface area contributed by atoms with Gasteiger partial charge in [0, 0.05) is 80.7 Å². The first-order valence-electron chi connectivity index (χ1n) is 32.3. The number of aliphatic hydroxyl groups excluding tert-OH is 1. The van der Waals surface area contributed by atoms with Crippen LogP contribution < -0.4 is 75.7 Å². The average Bonchev–Trinajstić information content (AvgIpc) is 1.62. The second-order valence-corrected chi connectivity index (χ2v) is 25.8. The number of nitrogens with one attached hydrogen (secondary N) is 14. The number of aliphatic carboxylic acids is 2. The molecule has 0 bridgehead atoms. The molecular formula is C63H84N20O19S2. The van der Waals surface area contributed by atoms with E-state index >= 15 is 4.79 Å². The molecule has 0 aliphatic carbocycles. The summed E-state index contributed by atoms with van der Waals surface area (Å²) in [5.74, 6) is -14.7. The number of aromatic hydroxyl groups is 1. The number of carbonyl (C=O) groups is 13. The number of para-hydroxylation sites is 1. The number of H-pyrrole nitrogens is 2. The Balaban J connectivity index is 1.46. The molecule has 9 atom stereocenters. The summed E-state index contributed by atoms with van der Waals surface area (Å²) in [5.41, 5.74) is 18.2. The number of carbonyl (C=O) groups excluding carboxylic acids is 11. The van der Waals surface area contributed by atoms with Crippen LogP contribution >= 0.6 is 21.6 Å². The molecule has 3 heterocycles. The van der Waals surface area contributed by atoms with Crippen molar-refractivity contribution in [1.82, 2.24) is 78.4 Å². The highest BCUT2D eigenvalue weighted by Crippen LogP contribution is 2.31. The minimum Gasteiger partial charge on any atom is -0.508 e. The van der Waals surface area contributed by atoms with Crippen LogP contribution in [-0.2, 0) is 81.6 Å². The second kappa shape index (κ2) is 42.7. The molecule has 3 aromatic heterocycles. The van der Waals surface area contributed by atoms with Crippen molar-refractivity contribution in [3.63, 3.8) is 0 Å². The molecule has 2 aromatic carbocycles. The van der Waals surface area contributed by atoms with E-state index in [2.05, 4.69) is 73.1 Å². The van der Waals surface area contributed by atoms with Gasteiger partial charge in [-0.15, -0.1) is 0 Å². The summed E-state index contributed by atoms with van der Waals surface area (Å²) in [4.78, 5) is 201. The third kappa shape index (κ3) is 28.9. The van der Waals surface area contributed by atoms with Gasteiger partial charge in [-0.3, -0.25) is 77.9 Å². The fraction of sp³-hybridized carbons (Fsp3) is 0.429. The summed E-state index contributed by atoms with van der Waals surface area (Å²) in [6, 6.07) is 0.256. The van der Waals surface area contributed by atoms with Crippen LogP contribution in [0.3, 0.4) is 0 Å². The Hall–Kier alpha value is -11.5. The minimum absolute atomic E-state index is 0.00257. The number of nitro groups is 1. The highest BCUT2D eigenvalue weighted by atomic mass is 33.1. The number of carboxylic acid groups (broad SMARTS) is 2. The molecule has 11 amide bonds. The molecule has 0 radical (unpaired) electrons. The quantitative estimate of drug-likeness (QED) is 0.00448. The Bertz CT molecular complexity index is 3810. The zero-order chi connectivity index (χ0) is 76.4. The lowest BCUT2D eigenvalue weighted by Crippen LogP contribution is -2.61. The number of nitrogens with zero attached hydrogens (tertiary/aromatic N) is 3. The fourth-order valence-corrected chi connectivity index (χ4v) is 12.1. The Kier molecular flexibility index (Phi) is 34.2. The normalized spacial score (nSPS) is 13.6. The summed E-state index contributed by atoms with van der Waals surface area (Å²) in [7, 11) is 2.05. The van der Waals surface area contributed by atoms with Gasteiger partial charge in [0.1, 0.15) is 77.9 Å². The van der Waals surface area contributed by atoms with Crippen LogP contribution in [0, 0.1) is 15.5 Å². The smallest absolute Gasteiger partial charge is 0.322 e. The number of benzene rings is 2. The lowest BCUT2D eigenvalue weighted by atomic mass is 10.0. The molecule has 0 aliphatic heterocycles. The number of primary amides is 1. The molecule has 0 saturated carbocycles. The van der Waals surface area contributed by atoms with E-state index in [0.29, 0.717) is 33.5 Å². The number of aromatic amines is 2. The standard InChI is InChI=1S/C63H84N20O19S2/c1-33(85)74-49(31-103-104-51-19-13-37(28-71-51)83(101)102)62(100)82-48(30-84)61(99)81-47(25-36-27-68-32-73-36)60(98)80-46(24-35-26-70-40-8-3-2-7-39(35)40)59(97)76-41(9-4-5-21-64)55(93)75-42(10-6-22-69-63(66)67)56(94)79-45(23-34-11-14-38(86)15-12-34)58(96)78-44(16-18-50(65)87)57(95)77-43(17-20-52(88)89)54(92)72-29-53(90)91/h2-3,7-8,11-15,19,26-28,32,41-49,70,84,86H,4-6,9-10,16-18,20-25,29-31,64H2,1H3,(H2,65,87)(H,68,73)(H,72,92)(H,74,85)(H,75,93)(H,76,97)(H,77,95)(H,78,96)(H,79,94)(H,80,98)(H,81,99)(H,82,100)(H,88,89)(H,90,91)(H4,66,67,69)/t41-,42-,43-,44-,45-,46-,47-,48-,49-/m0/s1. The van der Waals surface area contributed by atoms with Crippen molar-refractivity contribution in [2.45, 2.75) is 143 Å². The fourth-order valence-electron chi connectivity index (χ4n) is 10.1. The molecule has 0 aliphatic rings. The van der Waals surface area contributed by atoms with Crippen LogP contribution in [0.4, 0.5) is 5.69 Å². The molecular weight excluding hydrogens is 1400 g/mol. The zero-order valence-electron chi connectivity index (χ0n) is 56.1. The Morgan fingerprint density at radius 2 is 1.13 bits per heavy atom. The number of aliphatic hydroxyl groups is 1. The number of aromatic nitrogens is 4. The summed E-state index contributed by atoms with van der Waals surface area (Å²) in [6.07, 6.45) is 2.01. The first-order chi connectivity index (χ1) is 49.5. The van der Waals surface area contributed by atoms with Crippen molar-refractivity contribution in [2.75, 3.05) is 32.0 Å². The van der Waals surface area contributed by atoms with E-state index in [9.17, 15) is 83.0 Å². The first kappa shape index (κ1) is 83.2. The lowest BCUT2D eigenvalue weighted by molar-refractivity contribution is -0.385. The Labute approximate surface area is 600 Å². The number of hydrogen-bond acceptors (Lipinski definition) is 23. The van der Waals surface area contributed by atoms with E-state index in [-0.39, 0.29) is 74.5 Å². The highest BCUT2D eigenvalue weighted by Gasteiger charge is 2.37. The predicted molar refractivity (Wildman–Crippen MR) is 373 cm³/mol. The van der Waals surface area contributed by atoms with Crippen molar-refractivity contribution >= 4 is 121 Å². The van der Waals surface area contributed by atoms with Crippen LogP contribution in [0.15, 0.2) is 90.6 Å². The zero-order valence-corrected chi connectivity index (χ0v) is 57.7. The topological polar surface area (TPSA) is 638 Å². The van der Waals surface area contributed by atoms with Gasteiger partial charge in [-0.25, -0.2) is 9.97 Å². The van der Waals surface area contributed by atoms with Gasteiger partial charge in [0.2, 0.25) is 65.0 Å². The summed E-state index contributed by atoms with van der Waals surface area (Å²) < 4.78 is 0. The molecule has 562 valence electrons. The Morgan fingerprint density at radius 3 is 1.67 bits per heavy atom. The molecule has 5 rings (SSSR count). The number of amides is 11. The molecule has 0 fully saturated rings. The van der Waals surface area contributed by atoms with Gasteiger partial charge in [0.25, 0.3) is 5.69 Å². The molecule has 39 nitrogen and oxygen atoms in total. The maximum absolute atomic E-state index is 15.1. The number of imidazole rings is 1. The van der Waals surface area contributed by atoms with Gasteiger partial charge in [-0.1, -0.05) is 41.1 Å². The minimum atomic E-state index is -1.76. The number of rotatable bonds is 46. The van der Waals surface area contributed by atoms with Crippen LogP contribution in [-0.4, -0.2) is 215 Å². The van der Waals surface area contributed by atoms with Crippen LogP contribution in [0.25, 0.3) is 10.9 Å². The average molecular weight is 1490 g/mol. The van der Waals surface area contributed by atoms with Gasteiger partial charge in [-0.2, -0.15) is 0 Å². The van der Waals surface area contributed by atoms with Crippen molar-refractivity contribution in [1.29, 1.82) is 5.41 Å². The van der Waals surface area contributed by atoms with Crippen LogP contribution in [0.5, 0.6) is 5.75 Å². The summed E-state index contributed by atoms with van der Waals surface area (Å²) in [5, 5.41) is 86.3. The molecule has 0 saturated heterocycles. The first-order valence-corrected chi connectivity index (χ1v) is 34.6. The molecule has 41 heteroatoms. The van der Waals surface area contributed by atoms with Crippen LogP contribution in [0.1, 0.15) is 81.5 Å². The summed E-state index contributed by atoms with van der Waals surface area (Å²) in [6.45, 7) is -0.740. The molecule has 104 heavy (non-hydrogen) atoms. The monoisotopic (exact) mass is 1490 g/mol. The second-order valence-electron chi connectivity index (χ2n) is 23.4. The molecule has 5 aromatic rings. The van der Waals surface area contributed by atoms with Crippen molar-refractivity contribution in [3.05, 3.63) is 113 Å². The van der Waals surface area contributed by atoms with Gasteiger partial charge in [-0.05, 0) is 97.7 Å². The highest BCUT2D eigenvalue weighted by molar-refractivity contribution is 8.76. The summed E-state index contributed by atoms with van der Waals surface area (Å²) >= 11 is 0. The van der Waals surface area contributed by atoms with Crippen molar-refractivity contribution < 1.29 is 87.7 Å². The number of nitrogens with two attached hydrogens (primary N) is 3. The number of carboxylic acids is 2. The van der Waals surface area contributed by atoms with E-state index in [1.54, 1.807) is 30.5 Å². The number of phenols is 1. The van der Waals surface area contributed by atoms with E-state index in [4.69, 9.17) is 27.7 Å².